The second-order valence-electron chi connectivity index (χ2n) is 4.15. The molecule has 0 amide bonds. The molecule has 2 rings (SSSR count). The number of halogens is 1. The largest absolute Gasteiger partial charge is 0.357 e. The molecule has 0 aliphatic carbocycles. The van der Waals surface area contributed by atoms with Crippen molar-refractivity contribution in [3.63, 3.8) is 0 Å². The van der Waals surface area contributed by atoms with E-state index in [-0.39, 0.29) is 0 Å². The van der Waals surface area contributed by atoms with E-state index in [4.69, 9.17) is 0 Å². The number of nitrogens with one attached hydrogen (secondary N) is 1. The summed E-state index contributed by atoms with van der Waals surface area (Å²) in [7, 11) is 1.82. The molecule has 2 aromatic rings. The smallest absolute Gasteiger partial charge is 0.224 e. The highest BCUT2D eigenvalue weighted by Gasteiger charge is 2.15. The van der Waals surface area contributed by atoms with Crippen molar-refractivity contribution >= 4 is 33.4 Å². The molecular weight excluding hydrogens is 304 g/mol. The minimum atomic E-state index is 0.616. The van der Waals surface area contributed by atoms with Gasteiger partial charge in [0.05, 0.1) is 4.47 Å². The topological polar surface area (TPSA) is 41.1 Å². The van der Waals surface area contributed by atoms with Crippen molar-refractivity contribution < 1.29 is 0 Å². The van der Waals surface area contributed by atoms with Crippen molar-refractivity contribution in [3.8, 4) is 0 Å². The molecule has 1 heterocycles. The van der Waals surface area contributed by atoms with E-state index < -0.39 is 0 Å². The molecule has 1 N–H and O–H groups in total. The van der Waals surface area contributed by atoms with E-state index in [1.807, 2.05) is 19.2 Å². The van der Waals surface area contributed by atoms with Crippen LogP contribution < -0.4 is 10.2 Å². The van der Waals surface area contributed by atoms with Gasteiger partial charge in [0.15, 0.2) is 5.82 Å². The van der Waals surface area contributed by atoms with Crippen LogP contribution in [0.4, 0.5) is 17.5 Å². The first-order chi connectivity index (χ1) is 9.17. The number of para-hydroxylation sites is 1. The molecule has 19 heavy (non-hydrogen) atoms. The van der Waals surface area contributed by atoms with Gasteiger partial charge in [0.2, 0.25) is 5.95 Å². The number of rotatable bonds is 4. The van der Waals surface area contributed by atoms with Crippen molar-refractivity contribution in [2.75, 3.05) is 23.8 Å². The Morgan fingerprint density at radius 1 is 1.32 bits per heavy atom. The molecule has 0 atom stereocenters. The van der Waals surface area contributed by atoms with Crippen LogP contribution in [0, 0.1) is 6.92 Å². The predicted octanol–water partition coefficient (Wildman–Crippen LogP) is 3.75. The van der Waals surface area contributed by atoms with Crippen LogP contribution in [0.3, 0.4) is 0 Å². The Hall–Kier alpha value is -1.62. The van der Waals surface area contributed by atoms with E-state index in [0.717, 1.165) is 22.5 Å². The lowest BCUT2D eigenvalue weighted by Crippen LogP contribution is -2.19. The van der Waals surface area contributed by atoms with Gasteiger partial charge in [0, 0.05) is 25.5 Å². The van der Waals surface area contributed by atoms with Crippen LogP contribution in [-0.4, -0.2) is 23.6 Å². The van der Waals surface area contributed by atoms with E-state index in [2.05, 4.69) is 62.1 Å². The summed E-state index contributed by atoms with van der Waals surface area (Å²) in [5.74, 6) is 1.49. The van der Waals surface area contributed by atoms with E-state index >= 15 is 0 Å². The van der Waals surface area contributed by atoms with Crippen molar-refractivity contribution in [3.05, 3.63) is 40.5 Å². The molecule has 0 saturated carbocycles. The second kappa shape index (κ2) is 6.02. The summed E-state index contributed by atoms with van der Waals surface area (Å²) >= 11 is 3.53. The van der Waals surface area contributed by atoms with E-state index in [9.17, 15) is 0 Å². The van der Waals surface area contributed by atoms with Crippen LogP contribution in [0.15, 0.2) is 34.9 Å². The van der Waals surface area contributed by atoms with Crippen LogP contribution in [0.2, 0.25) is 0 Å². The summed E-state index contributed by atoms with van der Waals surface area (Å²) < 4.78 is 0.886. The predicted molar refractivity (Wildman–Crippen MR) is 83.1 cm³/mol. The van der Waals surface area contributed by atoms with Crippen molar-refractivity contribution in [2.24, 2.45) is 0 Å². The first-order valence-electron chi connectivity index (χ1n) is 6.20. The Kier molecular flexibility index (Phi) is 4.37. The van der Waals surface area contributed by atoms with Gasteiger partial charge in [-0.15, -0.1) is 0 Å². The van der Waals surface area contributed by atoms with Gasteiger partial charge in [-0.25, -0.2) is 4.98 Å². The molecule has 0 radical (unpaired) electrons. The molecule has 1 aromatic heterocycles. The molecular formula is C14H17BrN4. The standard InChI is InChI=1S/C14H17BrN4/c1-4-19(12-8-6-5-7-10(12)2)13-11(15)9-17-14(16-3)18-13/h5-9H,4H2,1-3H3,(H,16,17,18). The fourth-order valence-corrected chi connectivity index (χ4v) is 2.37. The zero-order valence-corrected chi connectivity index (χ0v) is 12.9. The van der Waals surface area contributed by atoms with Crippen LogP contribution in [-0.2, 0) is 0 Å². The molecule has 0 spiro atoms. The normalized spacial score (nSPS) is 10.3. The molecule has 0 fully saturated rings. The third-order valence-corrected chi connectivity index (χ3v) is 3.49. The Balaban J connectivity index is 2.51. The maximum Gasteiger partial charge on any atom is 0.224 e. The van der Waals surface area contributed by atoms with Gasteiger partial charge >= 0.3 is 0 Å². The zero-order valence-electron chi connectivity index (χ0n) is 11.3. The number of hydrogen-bond acceptors (Lipinski definition) is 4. The van der Waals surface area contributed by atoms with E-state index in [0.29, 0.717) is 5.95 Å². The maximum absolute atomic E-state index is 4.54. The van der Waals surface area contributed by atoms with Crippen molar-refractivity contribution in [2.45, 2.75) is 13.8 Å². The number of anilines is 3. The van der Waals surface area contributed by atoms with Gasteiger partial charge in [-0.1, -0.05) is 18.2 Å². The molecule has 5 heteroatoms. The van der Waals surface area contributed by atoms with Gasteiger partial charge < -0.3 is 10.2 Å². The maximum atomic E-state index is 4.54. The monoisotopic (exact) mass is 320 g/mol. The number of hydrogen-bond donors (Lipinski definition) is 1. The lowest BCUT2D eigenvalue weighted by atomic mass is 10.2. The molecule has 0 aliphatic heterocycles. The minimum absolute atomic E-state index is 0.616. The summed E-state index contributed by atoms with van der Waals surface area (Å²) in [5.41, 5.74) is 2.38. The number of aryl methyl sites for hydroxylation is 1. The van der Waals surface area contributed by atoms with Crippen LogP contribution in [0.1, 0.15) is 12.5 Å². The average molecular weight is 321 g/mol. The first kappa shape index (κ1) is 13.8. The molecule has 0 aliphatic rings. The highest BCUT2D eigenvalue weighted by atomic mass is 79.9. The summed E-state index contributed by atoms with van der Waals surface area (Å²) in [5, 5.41) is 2.97. The number of aromatic nitrogens is 2. The van der Waals surface area contributed by atoms with Gasteiger partial charge in [0.25, 0.3) is 0 Å². The molecule has 100 valence electrons. The highest BCUT2D eigenvalue weighted by Crippen LogP contribution is 2.32. The molecule has 1 aromatic carbocycles. The molecule has 0 bridgehead atoms. The molecule has 0 unspecified atom stereocenters. The summed E-state index contributed by atoms with van der Waals surface area (Å²) in [6.45, 7) is 5.05. The van der Waals surface area contributed by atoms with Crippen LogP contribution in [0.5, 0.6) is 0 Å². The quantitative estimate of drug-likeness (QED) is 0.931. The highest BCUT2D eigenvalue weighted by molar-refractivity contribution is 9.10. The van der Waals surface area contributed by atoms with Gasteiger partial charge in [0.1, 0.15) is 0 Å². The van der Waals surface area contributed by atoms with Gasteiger partial charge in [-0.2, -0.15) is 4.98 Å². The Morgan fingerprint density at radius 2 is 2.05 bits per heavy atom. The van der Waals surface area contributed by atoms with E-state index in [1.165, 1.54) is 5.56 Å². The summed E-state index contributed by atoms with van der Waals surface area (Å²) in [6.07, 6.45) is 1.77. The first-order valence-corrected chi connectivity index (χ1v) is 7.00. The third kappa shape index (κ3) is 2.87. The summed E-state index contributed by atoms with van der Waals surface area (Å²) in [6, 6.07) is 8.29. The fraction of sp³-hybridized carbons (Fsp3) is 0.286. The van der Waals surface area contributed by atoms with E-state index in [1.54, 1.807) is 6.20 Å². The Labute approximate surface area is 122 Å². The molecule has 4 nitrogen and oxygen atoms in total. The summed E-state index contributed by atoms with van der Waals surface area (Å²) in [4.78, 5) is 10.9. The van der Waals surface area contributed by atoms with Gasteiger partial charge in [-0.3, -0.25) is 0 Å². The molecule has 0 saturated heterocycles. The third-order valence-electron chi connectivity index (χ3n) is 2.93. The number of benzene rings is 1. The minimum Gasteiger partial charge on any atom is -0.357 e. The SMILES string of the molecule is CCN(c1ccccc1C)c1nc(NC)ncc1Br. The van der Waals surface area contributed by atoms with Gasteiger partial charge in [-0.05, 0) is 41.4 Å². The lowest BCUT2D eigenvalue weighted by molar-refractivity contribution is 0.964. The zero-order chi connectivity index (χ0) is 13.8. The van der Waals surface area contributed by atoms with Crippen molar-refractivity contribution in [1.82, 2.24) is 9.97 Å². The fourth-order valence-electron chi connectivity index (χ4n) is 1.97. The van der Waals surface area contributed by atoms with Crippen LogP contribution in [0.25, 0.3) is 0 Å². The van der Waals surface area contributed by atoms with Crippen molar-refractivity contribution in [1.29, 1.82) is 0 Å². The lowest BCUT2D eigenvalue weighted by Gasteiger charge is -2.25. The van der Waals surface area contributed by atoms with Crippen LogP contribution >= 0.6 is 15.9 Å². The Bertz CT molecular complexity index is 571. The Morgan fingerprint density at radius 3 is 2.68 bits per heavy atom. The second-order valence-corrected chi connectivity index (χ2v) is 5.00. The number of nitrogens with zero attached hydrogens (tertiary/aromatic N) is 3. The average Bonchev–Trinajstić information content (AvgIpc) is 2.43.